The molecule has 3 aromatic carbocycles. The van der Waals surface area contributed by atoms with Crippen LogP contribution in [0.3, 0.4) is 0 Å². The highest BCUT2D eigenvalue weighted by atomic mass is 127. The molecule has 1 aromatic heterocycles. The number of hydrogen-bond acceptors (Lipinski definition) is 3. The quantitative estimate of drug-likeness (QED) is 0.323. The van der Waals surface area contributed by atoms with E-state index in [4.69, 9.17) is 0 Å². The molecule has 4 rings (SSSR count). The van der Waals surface area contributed by atoms with E-state index in [1.54, 1.807) is 18.2 Å². The summed E-state index contributed by atoms with van der Waals surface area (Å²) in [7, 11) is 0. The maximum absolute atomic E-state index is 13.1. The molecule has 0 aliphatic heterocycles. The van der Waals surface area contributed by atoms with Gasteiger partial charge in [-0.25, -0.2) is 9.37 Å². The molecule has 1 heterocycles. The number of hydrogen-bond donors (Lipinski definition) is 0. The van der Waals surface area contributed by atoms with Crippen LogP contribution in [-0.2, 0) is 0 Å². The second-order valence-corrected chi connectivity index (χ2v) is 7.12. The monoisotopic (exact) mass is 469 g/mol. The van der Waals surface area contributed by atoms with Gasteiger partial charge in [-0.1, -0.05) is 42.5 Å². The zero-order chi connectivity index (χ0) is 18.8. The summed E-state index contributed by atoms with van der Waals surface area (Å²) in [4.78, 5) is 17.8. The first-order valence-corrected chi connectivity index (χ1v) is 9.27. The van der Waals surface area contributed by atoms with Gasteiger partial charge >= 0.3 is 0 Å². The van der Waals surface area contributed by atoms with E-state index in [0.717, 1.165) is 9.13 Å². The highest BCUT2D eigenvalue weighted by Crippen LogP contribution is 2.20. The molecular weight excluding hydrogens is 456 g/mol. The summed E-state index contributed by atoms with van der Waals surface area (Å²) in [6.07, 6.45) is 1.52. The van der Waals surface area contributed by atoms with E-state index < -0.39 is 0 Å². The number of halogens is 2. The Morgan fingerprint density at radius 1 is 1.00 bits per heavy atom. The van der Waals surface area contributed by atoms with Crippen molar-refractivity contribution in [2.24, 2.45) is 5.10 Å². The molecule has 0 bridgehead atoms. The number of rotatable bonds is 3. The van der Waals surface area contributed by atoms with E-state index >= 15 is 0 Å². The summed E-state index contributed by atoms with van der Waals surface area (Å²) < 4.78 is 15.3. The molecule has 0 atom stereocenters. The lowest BCUT2D eigenvalue weighted by atomic mass is 10.2. The highest BCUT2D eigenvalue weighted by molar-refractivity contribution is 14.1. The van der Waals surface area contributed by atoms with Crippen molar-refractivity contribution in [3.8, 4) is 11.4 Å². The molecule has 0 unspecified atom stereocenters. The van der Waals surface area contributed by atoms with E-state index in [9.17, 15) is 9.18 Å². The summed E-state index contributed by atoms with van der Waals surface area (Å²) in [6.45, 7) is 0. The Bertz CT molecular complexity index is 1200. The van der Waals surface area contributed by atoms with Crippen LogP contribution in [0.1, 0.15) is 5.56 Å². The van der Waals surface area contributed by atoms with E-state index in [1.165, 1.54) is 23.0 Å². The number of nitrogens with zero attached hydrogens (tertiary/aromatic N) is 3. The van der Waals surface area contributed by atoms with Gasteiger partial charge in [-0.15, -0.1) is 0 Å². The Labute approximate surface area is 168 Å². The van der Waals surface area contributed by atoms with Gasteiger partial charge in [-0.3, -0.25) is 4.79 Å². The standard InChI is InChI=1S/C21H13FIN3O/c22-16-8-6-14(7-9-16)13-24-26-20(15-4-2-1-3-5-15)25-19-11-10-17(23)12-18(19)21(26)27/h1-13H/b24-13+. The van der Waals surface area contributed by atoms with Crippen LogP contribution in [0.25, 0.3) is 22.3 Å². The van der Waals surface area contributed by atoms with Crippen molar-refractivity contribution < 1.29 is 4.39 Å². The predicted octanol–water partition coefficient (Wildman–Crippen LogP) is 4.69. The van der Waals surface area contributed by atoms with Gasteiger partial charge in [0.25, 0.3) is 5.56 Å². The van der Waals surface area contributed by atoms with Crippen molar-refractivity contribution in [3.63, 3.8) is 0 Å². The lowest BCUT2D eigenvalue weighted by molar-refractivity contribution is 0.628. The normalized spacial score (nSPS) is 11.3. The lowest BCUT2D eigenvalue weighted by Gasteiger charge is -2.09. The van der Waals surface area contributed by atoms with Gasteiger partial charge in [0.05, 0.1) is 17.1 Å². The first kappa shape index (κ1) is 17.5. The smallest absolute Gasteiger partial charge is 0.267 e. The molecule has 0 amide bonds. The molecule has 4 aromatic rings. The third-order valence-corrected chi connectivity index (χ3v) is 4.70. The fraction of sp³-hybridized carbons (Fsp3) is 0. The molecule has 0 saturated heterocycles. The summed E-state index contributed by atoms with van der Waals surface area (Å²) in [5.74, 6) is 0.129. The molecule has 0 spiro atoms. The molecule has 6 heteroatoms. The van der Waals surface area contributed by atoms with Crippen LogP contribution in [0.4, 0.5) is 4.39 Å². The fourth-order valence-electron chi connectivity index (χ4n) is 2.70. The fourth-order valence-corrected chi connectivity index (χ4v) is 3.19. The Balaban J connectivity index is 1.94. The minimum Gasteiger partial charge on any atom is -0.267 e. The third-order valence-electron chi connectivity index (χ3n) is 4.03. The minimum absolute atomic E-state index is 0.254. The maximum atomic E-state index is 13.1. The van der Waals surface area contributed by atoms with Crippen LogP contribution < -0.4 is 5.56 Å². The van der Waals surface area contributed by atoms with Gasteiger partial charge in [0, 0.05) is 9.13 Å². The van der Waals surface area contributed by atoms with Crippen molar-refractivity contribution in [2.75, 3.05) is 0 Å². The average Bonchev–Trinajstić information content (AvgIpc) is 2.69. The van der Waals surface area contributed by atoms with E-state index in [1.807, 2.05) is 42.5 Å². The lowest BCUT2D eigenvalue weighted by Crippen LogP contribution is -2.20. The van der Waals surface area contributed by atoms with Gasteiger partial charge < -0.3 is 0 Å². The van der Waals surface area contributed by atoms with E-state index in [-0.39, 0.29) is 11.4 Å². The Morgan fingerprint density at radius 3 is 2.48 bits per heavy atom. The van der Waals surface area contributed by atoms with Crippen molar-refractivity contribution in [1.29, 1.82) is 0 Å². The number of fused-ring (bicyclic) bond motifs is 1. The van der Waals surface area contributed by atoms with E-state index in [0.29, 0.717) is 22.3 Å². The van der Waals surface area contributed by atoms with Crippen molar-refractivity contribution in [3.05, 3.63) is 98.1 Å². The summed E-state index contributed by atoms with van der Waals surface area (Å²) in [6, 6.07) is 20.9. The van der Waals surface area contributed by atoms with Crippen molar-refractivity contribution >= 4 is 39.7 Å². The van der Waals surface area contributed by atoms with Crippen molar-refractivity contribution in [2.45, 2.75) is 0 Å². The number of aromatic nitrogens is 2. The molecule has 27 heavy (non-hydrogen) atoms. The predicted molar refractivity (Wildman–Crippen MR) is 114 cm³/mol. The van der Waals surface area contributed by atoms with Crippen LogP contribution in [0.5, 0.6) is 0 Å². The van der Waals surface area contributed by atoms with Crippen LogP contribution in [-0.4, -0.2) is 15.9 Å². The Morgan fingerprint density at radius 2 is 1.74 bits per heavy atom. The first-order valence-electron chi connectivity index (χ1n) is 8.19. The topological polar surface area (TPSA) is 47.2 Å². The maximum Gasteiger partial charge on any atom is 0.282 e. The van der Waals surface area contributed by atoms with Gasteiger partial charge in [0.2, 0.25) is 0 Å². The number of benzene rings is 3. The summed E-state index contributed by atoms with van der Waals surface area (Å²) in [5.41, 5.74) is 1.83. The molecule has 132 valence electrons. The molecular formula is C21H13FIN3O. The zero-order valence-electron chi connectivity index (χ0n) is 14.0. The van der Waals surface area contributed by atoms with Gasteiger partial charge in [0.1, 0.15) is 5.82 Å². The molecule has 4 nitrogen and oxygen atoms in total. The van der Waals surface area contributed by atoms with Crippen LogP contribution in [0.15, 0.2) is 82.7 Å². The average molecular weight is 469 g/mol. The van der Waals surface area contributed by atoms with Crippen LogP contribution >= 0.6 is 22.6 Å². The molecule has 0 N–H and O–H groups in total. The third kappa shape index (κ3) is 3.66. The van der Waals surface area contributed by atoms with E-state index in [2.05, 4.69) is 32.7 Å². The highest BCUT2D eigenvalue weighted by Gasteiger charge is 2.12. The SMILES string of the molecule is O=c1c2cc(I)ccc2nc(-c2ccccc2)n1/N=C/c1ccc(F)cc1. The molecule has 0 saturated carbocycles. The largest absolute Gasteiger partial charge is 0.282 e. The molecule has 0 radical (unpaired) electrons. The Hall–Kier alpha value is -2.87. The van der Waals surface area contributed by atoms with Gasteiger partial charge in [-0.05, 0) is 58.5 Å². The van der Waals surface area contributed by atoms with Crippen molar-refractivity contribution in [1.82, 2.24) is 9.66 Å². The second kappa shape index (κ2) is 7.40. The zero-order valence-corrected chi connectivity index (χ0v) is 16.2. The minimum atomic E-state index is -0.323. The summed E-state index contributed by atoms with van der Waals surface area (Å²) in [5, 5.41) is 4.85. The first-order chi connectivity index (χ1) is 13.1. The Kier molecular flexibility index (Phi) is 4.81. The molecule has 0 aliphatic rings. The molecule has 0 fully saturated rings. The second-order valence-electron chi connectivity index (χ2n) is 5.88. The van der Waals surface area contributed by atoms with Gasteiger partial charge in [0.15, 0.2) is 5.82 Å². The summed E-state index contributed by atoms with van der Waals surface area (Å²) >= 11 is 2.16. The van der Waals surface area contributed by atoms with Crippen LogP contribution in [0.2, 0.25) is 0 Å². The van der Waals surface area contributed by atoms with Gasteiger partial charge in [-0.2, -0.15) is 9.78 Å². The van der Waals surface area contributed by atoms with Crippen LogP contribution in [0, 0.1) is 9.39 Å². The molecule has 0 aliphatic carbocycles.